The van der Waals surface area contributed by atoms with Gasteiger partial charge in [0.25, 0.3) is 0 Å². The van der Waals surface area contributed by atoms with Crippen LogP contribution in [0.1, 0.15) is 58.9 Å². The van der Waals surface area contributed by atoms with Gasteiger partial charge in [0.2, 0.25) is 0 Å². The number of ether oxygens (including phenoxy) is 1. The topological polar surface area (TPSA) is 26.3 Å². The SMILES string of the molecule is CC(C)COc1cc(CCCCCC(=O)C(C)C)ccc1Cl. The highest BCUT2D eigenvalue weighted by atomic mass is 35.5. The highest BCUT2D eigenvalue weighted by molar-refractivity contribution is 6.32. The molecule has 0 unspecified atom stereocenters. The third kappa shape index (κ3) is 7.31. The van der Waals surface area contributed by atoms with Crippen molar-refractivity contribution in [2.75, 3.05) is 6.61 Å². The molecule has 0 amide bonds. The fraction of sp³-hybridized carbons (Fsp3) is 0.632. The first kappa shape index (κ1) is 19.0. The standard InChI is InChI=1S/C19H29ClO2/c1-14(2)13-22-19-12-16(10-11-17(19)20)8-6-5-7-9-18(21)15(3)4/h10-12,14-15H,5-9,13H2,1-4H3. The number of rotatable bonds is 10. The lowest BCUT2D eigenvalue weighted by Gasteiger charge is -2.12. The van der Waals surface area contributed by atoms with Gasteiger partial charge >= 0.3 is 0 Å². The molecule has 0 aliphatic rings. The molecular formula is C19H29ClO2. The van der Waals surface area contributed by atoms with E-state index in [-0.39, 0.29) is 5.92 Å². The van der Waals surface area contributed by atoms with E-state index in [0.717, 1.165) is 31.4 Å². The van der Waals surface area contributed by atoms with Gasteiger partial charge in [0.05, 0.1) is 11.6 Å². The van der Waals surface area contributed by atoms with E-state index in [1.807, 2.05) is 26.0 Å². The van der Waals surface area contributed by atoms with Crippen molar-refractivity contribution < 1.29 is 9.53 Å². The first-order valence-corrected chi connectivity index (χ1v) is 8.72. The van der Waals surface area contributed by atoms with Crippen molar-refractivity contribution in [2.45, 2.75) is 59.8 Å². The van der Waals surface area contributed by atoms with E-state index in [9.17, 15) is 4.79 Å². The van der Waals surface area contributed by atoms with Crippen molar-refractivity contribution in [1.29, 1.82) is 0 Å². The maximum atomic E-state index is 11.6. The van der Waals surface area contributed by atoms with E-state index in [2.05, 4.69) is 19.9 Å². The molecule has 3 heteroatoms. The Kier molecular flexibility index (Phi) is 8.55. The largest absolute Gasteiger partial charge is 0.492 e. The molecule has 1 aromatic carbocycles. The van der Waals surface area contributed by atoms with Gasteiger partial charge in [0, 0.05) is 12.3 Å². The van der Waals surface area contributed by atoms with Gasteiger partial charge in [0.1, 0.15) is 11.5 Å². The van der Waals surface area contributed by atoms with E-state index in [1.54, 1.807) is 0 Å². The molecule has 1 rings (SSSR count). The molecule has 0 fully saturated rings. The molecule has 2 nitrogen and oxygen atoms in total. The van der Waals surface area contributed by atoms with E-state index in [1.165, 1.54) is 5.56 Å². The molecule has 0 aliphatic heterocycles. The van der Waals surface area contributed by atoms with Gasteiger partial charge in [-0.25, -0.2) is 0 Å². The minimum absolute atomic E-state index is 0.164. The number of halogens is 1. The fourth-order valence-electron chi connectivity index (χ4n) is 2.16. The maximum absolute atomic E-state index is 11.6. The second kappa shape index (κ2) is 9.89. The zero-order chi connectivity index (χ0) is 16.5. The average Bonchev–Trinajstić information content (AvgIpc) is 2.46. The Bertz CT molecular complexity index is 467. The van der Waals surface area contributed by atoms with Crippen molar-refractivity contribution >= 4 is 17.4 Å². The maximum Gasteiger partial charge on any atom is 0.138 e. The highest BCUT2D eigenvalue weighted by Gasteiger charge is 2.07. The van der Waals surface area contributed by atoms with Gasteiger partial charge in [-0.15, -0.1) is 0 Å². The van der Waals surface area contributed by atoms with Crippen LogP contribution in [0.15, 0.2) is 18.2 Å². The third-order valence-electron chi connectivity index (χ3n) is 3.60. The number of carbonyl (C=O) groups excluding carboxylic acids is 1. The predicted molar refractivity (Wildman–Crippen MR) is 93.8 cm³/mol. The van der Waals surface area contributed by atoms with Crippen molar-refractivity contribution in [3.05, 3.63) is 28.8 Å². The molecule has 0 aromatic heterocycles. The summed E-state index contributed by atoms with van der Waals surface area (Å²) in [5.74, 6) is 1.80. The van der Waals surface area contributed by atoms with E-state index in [4.69, 9.17) is 16.3 Å². The summed E-state index contributed by atoms with van der Waals surface area (Å²) in [5.41, 5.74) is 1.25. The van der Waals surface area contributed by atoms with Gasteiger partial charge < -0.3 is 4.74 Å². The lowest BCUT2D eigenvalue weighted by atomic mass is 10.0. The minimum Gasteiger partial charge on any atom is -0.492 e. The smallest absolute Gasteiger partial charge is 0.138 e. The Hall–Kier alpha value is -1.02. The molecule has 124 valence electrons. The summed E-state index contributed by atoms with van der Waals surface area (Å²) >= 11 is 6.17. The molecule has 0 atom stereocenters. The number of ketones is 1. The average molecular weight is 325 g/mol. The number of hydrogen-bond donors (Lipinski definition) is 0. The fourth-order valence-corrected chi connectivity index (χ4v) is 2.34. The van der Waals surface area contributed by atoms with E-state index < -0.39 is 0 Å². The second-order valence-corrected chi connectivity index (χ2v) is 7.06. The Labute approximate surface area is 140 Å². The molecule has 22 heavy (non-hydrogen) atoms. The van der Waals surface area contributed by atoms with Crippen molar-refractivity contribution in [3.63, 3.8) is 0 Å². The number of Topliss-reactive ketones (excluding diaryl/α,β-unsaturated/α-hetero) is 1. The van der Waals surface area contributed by atoms with E-state index in [0.29, 0.717) is 29.8 Å². The van der Waals surface area contributed by atoms with Gasteiger partial charge in [-0.1, -0.05) is 51.8 Å². The van der Waals surface area contributed by atoms with Crippen LogP contribution in [0.4, 0.5) is 0 Å². The van der Waals surface area contributed by atoms with Crippen LogP contribution in [0.3, 0.4) is 0 Å². The van der Waals surface area contributed by atoms with Crippen molar-refractivity contribution in [2.24, 2.45) is 11.8 Å². The highest BCUT2D eigenvalue weighted by Crippen LogP contribution is 2.26. The third-order valence-corrected chi connectivity index (χ3v) is 3.91. The number of hydrogen-bond acceptors (Lipinski definition) is 2. The van der Waals surface area contributed by atoms with Crippen LogP contribution in [-0.2, 0) is 11.2 Å². The Morgan fingerprint density at radius 1 is 1.14 bits per heavy atom. The molecule has 0 N–H and O–H groups in total. The van der Waals surface area contributed by atoms with Crippen LogP contribution in [-0.4, -0.2) is 12.4 Å². The number of unbranched alkanes of at least 4 members (excludes halogenated alkanes) is 2. The van der Waals surface area contributed by atoms with Crippen LogP contribution < -0.4 is 4.74 Å². The zero-order valence-electron chi connectivity index (χ0n) is 14.3. The summed E-state index contributed by atoms with van der Waals surface area (Å²) in [5, 5.41) is 0.673. The first-order chi connectivity index (χ1) is 10.4. The second-order valence-electron chi connectivity index (χ2n) is 6.65. The van der Waals surface area contributed by atoms with Gasteiger partial charge in [-0.05, 0) is 42.9 Å². The van der Waals surface area contributed by atoms with Crippen LogP contribution in [0.25, 0.3) is 0 Å². The molecule has 0 heterocycles. The first-order valence-electron chi connectivity index (χ1n) is 8.34. The van der Waals surface area contributed by atoms with Crippen LogP contribution >= 0.6 is 11.6 Å². The molecule has 0 aliphatic carbocycles. The summed E-state index contributed by atoms with van der Waals surface area (Å²) < 4.78 is 5.75. The molecule has 0 bridgehead atoms. The summed E-state index contributed by atoms with van der Waals surface area (Å²) in [6.07, 6.45) is 4.88. The number of carbonyl (C=O) groups is 1. The van der Waals surface area contributed by atoms with Gasteiger partial charge in [-0.2, -0.15) is 0 Å². The summed E-state index contributed by atoms with van der Waals surface area (Å²) in [4.78, 5) is 11.6. The number of benzene rings is 1. The zero-order valence-corrected chi connectivity index (χ0v) is 15.1. The van der Waals surface area contributed by atoms with Crippen molar-refractivity contribution in [3.8, 4) is 5.75 Å². The van der Waals surface area contributed by atoms with Crippen molar-refractivity contribution in [1.82, 2.24) is 0 Å². The van der Waals surface area contributed by atoms with Crippen LogP contribution in [0.2, 0.25) is 5.02 Å². The van der Waals surface area contributed by atoms with Gasteiger partial charge in [0.15, 0.2) is 0 Å². The predicted octanol–water partition coefficient (Wildman–Crippen LogP) is 5.70. The van der Waals surface area contributed by atoms with Crippen LogP contribution in [0.5, 0.6) is 5.75 Å². The lowest BCUT2D eigenvalue weighted by Crippen LogP contribution is -2.06. The van der Waals surface area contributed by atoms with Gasteiger partial charge in [-0.3, -0.25) is 4.79 Å². The molecule has 0 saturated carbocycles. The van der Waals surface area contributed by atoms with Crippen LogP contribution in [0, 0.1) is 11.8 Å². The molecule has 1 aromatic rings. The normalized spacial score (nSPS) is 11.2. The Morgan fingerprint density at radius 3 is 2.50 bits per heavy atom. The quantitative estimate of drug-likeness (QED) is 0.516. The number of aryl methyl sites for hydroxylation is 1. The minimum atomic E-state index is 0.164. The monoisotopic (exact) mass is 324 g/mol. The molecule has 0 spiro atoms. The summed E-state index contributed by atoms with van der Waals surface area (Å²) in [7, 11) is 0. The molecular weight excluding hydrogens is 296 g/mol. The molecule has 0 radical (unpaired) electrons. The Balaban J connectivity index is 2.36. The molecule has 0 saturated heterocycles. The lowest BCUT2D eigenvalue weighted by molar-refractivity contribution is -0.122. The summed E-state index contributed by atoms with van der Waals surface area (Å²) in [6.45, 7) is 8.86. The Morgan fingerprint density at radius 2 is 1.86 bits per heavy atom. The summed E-state index contributed by atoms with van der Waals surface area (Å²) in [6, 6.07) is 6.02. The van der Waals surface area contributed by atoms with E-state index >= 15 is 0 Å².